The van der Waals surface area contributed by atoms with Gasteiger partial charge in [-0.2, -0.15) is 0 Å². The molecule has 4 heterocycles. The minimum atomic E-state index is 0.172. The zero-order valence-corrected chi connectivity index (χ0v) is 14.9. The maximum Gasteiger partial charge on any atom is 0.226 e. The molecule has 4 rings (SSSR count). The Hall–Kier alpha value is -1.88. The molecule has 0 spiro atoms. The van der Waals surface area contributed by atoms with Crippen LogP contribution in [0.1, 0.15) is 28.8 Å². The predicted octanol–water partition coefficient (Wildman–Crippen LogP) is 3.25. The maximum atomic E-state index is 12.9. The fourth-order valence-corrected chi connectivity index (χ4v) is 4.63. The number of thiophene rings is 1. The fraction of sp³-hybridized carbons (Fsp3) is 0.474. The summed E-state index contributed by atoms with van der Waals surface area (Å²) in [6, 6.07) is 6.32. The Morgan fingerprint density at radius 2 is 2.08 bits per heavy atom. The second-order valence-corrected chi connectivity index (χ2v) is 7.83. The van der Waals surface area contributed by atoms with Crippen molar-refractivity contribution in [2.24, 2.45) is 5.92 Å². The highest BCUT2D eigenvalue weighted by atomic mass is 32.1. The minimum absolute atomic E-state index is 0.172. The van der Waals surface area contributed by atoms with Crippen LogP contribution >= 0.6 is 11.3 Å². The number of carbonyl (C=O) groups is 1. The van der Waals surface area contributed by atoms with E-state index in [1.54, 1.807) is 0 Å². The third kappa shape index (κ3) is 3.05. The van der Waals surface area contributed by atoms with Crippen LogP contribution in [0.25, 0.3) is 0 Å². The molecule has 0 radical (unpaired) electrons. The molecule has 0 aromatic carbocycles. The second-order valence-electron chi connectivity index (χ2n) is 6.83. The van der Waals surface area contributed by atoms with E-state index in [4.69, 9.17) is 0 Å². The number of carbonyl (C=O) groups excluding carboxylic acids is 1. The molecule has 126 valence electrons. The largest absolute Gasteiger partial charge is 0.357 e. The molecule has 0 saturated carbocycles. The summed E-state index contributed by atoms with van der Waals surface area (Å²) in [6.07, 6.45) is 4.75. The summed E-state index contributed by atoms with van der Waals surface area (Å²) in [5.74, 6) is 1.57. The van der Waals surface area contributed by atoms with E-state index in [-0.39, 0.29) is 5.92 Å². The fourth-order valence-electron chi connectivity index (χ4n) is 3.74. The number of amides is 1. The number of hydrogen-bond donors (Lipinski definition) is 0. The van der Waals surface area contributed by atoms with Crippen molar-refractivity contribution in [2.75, 3.05) is 24.5 Å². The molecule has 0 unspecified atom stereocenters. The Morgan fingerprint density at radius 3 is 2.88 bits per heavy atom. The van der Waals surface area contributed by atoms with Crippen molar-refractivity contribution >= 4 is 23.1 Å². The Morgan fingerprint density at radius 1 is 1.25 bits per heavy atom. The summed E-state index contributed by atoms with van der Waals surface area (Å²) < 4.78 is 0. The quantitative estimate of drug-likeness (QED) is 0.841. The molecule has 24 heavy (non-hydrogen) atoms. The highest BCUT2D eigenvalue weighted by Crippen LogP contribution is 2.28. The lowest BCUT2D eigenvalue weighted by Crippen LogP contribution is -2.44. The van der Waals surface area contributed by atoms with Gasteiger partial charge in [0.05, 0.1) is 0 Å². The molecule has 2 aromatic heterocycles. The molecule has 1 amide bonds. The lowest BCUT2D eigenvalue weighted by atomic mass is 9.94. The summed E-state index contributed by atoms with van der Waals surface area (Å²) in [7, 11) is 0. The molecule has 2 aromatic rings. The first-order valence-electron chi connectivity index (χ1n) is 8.72. The van der Waals surface area contributed by atoms with Crippen LogP contribution < -0.4 is 4.90 Å². The smallest absolute Gasteiger partial charge is 0.226 e. The summed E-state index contributed by atoms with van der Waals surface area (Å²) >= 11 is 1.82. The second kappa shape index (κ2) is 6.55. The maximum absolute atomic E-state index is 12.9. The van der Waals surface area contributed by atoms with Crippen molar-refractivity contribution in [3.05, 3.63) is 45.8 Å². The average Bonchev–Trinajstić information content (AvgIpc) is 3.09. The Bertz CT molecular complexity index is 734. The molecule has 5 heteroatoms. The van der Waals surface area contributed by atoms with Crippen molar-refractivity contribution in [2.45, 2.75) is 32.7 Å². The van der Waals surface area contributed by atoms with Gasteiger partial charge in [-0.25, -0.2) is 4.98 Å². The molecule has 0 bridgehead atoms. The number of nitrogens with zero attached hydrogens (tertiary/aromatic N) is 3. The molecule has 2 aliphatic rings. The Balaban J connectivity index is 1.37. The van der Waals surface area contributed by atoms with Gasteiger partial charge in [0.2, 0.25) is 5.91 Å². The molecule has 1 fully saturated rings. The Kier molecular flexibility index (Phi) is 4.27. The lowest BCUT2D eigenvalue weighted by molar-refractivity contribution is -0.137. The summed E-state index contributed by atoms with van der Waals surface area (Å²) in [4.78, 5) is 23.2. The van der Waals surface area contributed by atoms with Crippen LogP contribution in [0.5, 0.6) is 0 Å². The molecule has 0 N–H and O–H groups in total. The van der Waals surface area contributed by atoms with Crippen molar-refractivity contribution in [1.82, 2.24) is 9.88 Å². The van der Waals surface area contributed by atoms with E-state index in [2.05, 4.69) is 39.2 Å². The lowest BCUT2D eigenvalue weighted by Gasteiger charge is -2.36. The van der Waals surface area contributed by atoms with Gasteiger partial charge >= 0.3 is 0 Å². The molecule has 0 aliphatic carbocycles. The van der Waals surface area contributed by atoms with Crippen molar-refractivity contribution in [1.29, 1.82) is 0 Å². The van der Waals surface area contributed by atoms with Gasteiger partial charge < -0.3 is 9.80 Å². The summed E-state index contributed by atoms with van der Waals surface area (Å²) in [5.41, 5.74) is 2.58. The van der Waals surface area contributed by atoms with E-state index in [9.17, 15) is 4.79 Å². The number of aryl methyl sites for hydroxylation is 1. The number of fused-ring (bicyclic) bond motifs is 1. The van der Waals surface area contributed by atoms with Gasteiger partial charge in [-0.3, -0.25) is 4.79 Å². The Labute approximate surface area is 147 Å². The van der Waals surface area contributed by atoms with Crippen molar-refractivity contribution < 1.29 is 4.79 Å². The van der Waals surface area contributed by atoms with E-state index in [0.29, 0.717) is 5.91 Å². The van der Waals surface area contributed by atoms with Gasteiger partial charge in [0.15, 0.2) is 0 Å². The third-order valence-electron chi connectivity index (χ3n) is 5.19. The van der Waals surface area contributed by atoms with Gasteiger partial charge in [0.1, 0.15) is 5.82 Å². The van der Waals surface area contributed by atoms with E-state index in [1.165, 1.54) is 16.0 Å². The van der Waals surface area contributed by atoms with E-state index < -0.39 is 0 Å². The highest BCUT2D eigenvalue weighted by molar-refractivity contribution is 7.10. The third-order valence-corrected chi connectivity index (χ3v) is 6.21. The molecule has 4 nitrogen and oxygen atoms in total. The van der Waals surface area contributed by atoms with E-state index >= 15 is 0 Å². The van der Waals surface area contributed by atoms with Crippen LogP contribution in [0.3, 0.4) is 0 Å². The topological polar surface area (TPSA) is 36.4 Å². The molecular weight excluding hydrogens is 318 g/mol. The summed E-state index contributed by atoms with van der Waals surface area (Å²) in [5, 5.41) is 2.14. The van der Waals surface area contributed by atoms with Crippen molar-refractivity contribution in [3.8, 4) is 0 Å². The van der Waals surface area contributed by atoms with Gasteiger partial charge in [-0.15, -0.1) is 11.3 Å². The number of anilines is 1. The van der Waals surface area contributed by atoms with Crippen LogP contribution in [-0.2, 0) is 17.8 Å². The predicted molar refractivity (Wildman–Crippen MR) is 97.4 cm³/mol. The van der Waals surface area contributed by atoms with Crippen LogP contribution in [0, 0.1) is 12.8 Å². The van der Waals surface area contributed by atoms with E-state index in [0.717, 1.165) is 51.3 Å². The minimum Gasteiger partial charge on any atom is -0.357 e. The number of pyridine rings is 1. The monoisotopic (exact) mass is 341 g/mol. The summed E-state index contributed by atoms with van der Waals surface area (Å²) in [6.45, 7) is 5.62. The van der Waals surface area contributed by atoms with Crippen molar-refractivity contribution in [3.63, 3.8) is 0 Å². The van der Waals surface area contributed by atoms with Gasteiger partial charge in [0.25, 0.3) is 0 Å². The normalized spacial score (nSPS) is 18.5. The highest BCUT2D eigenvalue weighted by Gasteiger charge is 2.30. The molecule has 0 atom stereocenters. The zero-order valence-electron chi connectivity index (χ0n) is 14.1. The zero-order chi connectivity index (χ0) is 16.5. The van der Waals surface area contributed by atoms with Gasteiger partial charge in [0, 0.05) is 43.2 Å². The number of aromatic nitrogens is 1. The van der Waals surface area contributed by atoms with Crippen LogP contribution in [-0.4, -0.2) is 35.4 Å². The first-order valence-corrected chi connectivity index (χ1v) is 9.60. The first-order chi connectivity index (χ1) is 11.7. The van der Waals surface area contributed by atoms with Crippen LogP contribution in [0.2, 0.25) is 0 Å². The molecule has 1 saturated heterocycles. The first kappa shape index (κ1) is 15.6. The number of piperidine rings is 1. The number of rotatable bonds is 2. The van der Waals surface area contributed by atoms with Crippen LogP contribution in [0.4, 0.5) is 5.82 Å². The van der Waals surface area contributed by atoms with Gasteiger partial charge in [-0.05, 0) is 60.9 Å². The molecule has 2 aliphatic heterocycles. The van der Waals surface area contributed by atoms with E-state index in [1.807, 2.05) is 23.6 Å². The van der Waals surface area contributed by atoms with Gasteiger partial charge in [-0.1, -0.05) is 0 Å². The standard InChI is InChI=1S/C19H23N3OS/c1-14-2-7-20-18(12-14)21-8-3-15(4-9-21)19(23)22-10-5-17-16(13-22)6-11-24-17/h2,6-7,11-12,15H,3-5,8-10,13H2,1H3. The number of hydrogen-bond acceptors (Lipinski definition) is 4. The SMILES string of the molecule is Cc1ccnc(N2CCC(C(=O)N3CCc4sccc4C3)CC2)c1. The van der Waals surface area contributed by atoms with Crippen LogP contribution in [0.15, 0.2) is 29.8 Å². The molecular formula is C19H23N3OS. The average molecular weight is 341 g/mol.